The molecule has 1 aliphatic heterocycles. The van der Waals surface area contributed by atoms with Crippen molar-refractivity contribution in [3.05, 3.63) is 23.8 Å². The van der Waals surface area contributed by atoms with E-state index in [0.717, 1.165) is 6.26 Å². The first-order chi connectivity index (χ1) is 11.2. The Bertz CT molecular complexity index is 705. The van der Waals surface area contributed by atoms with Crippen molar-refractivity contribution in [3.8, 4) is 5.75 Å². The van der Waals surface area contributed by atoms with Gasteiger partial charge in [0.15, 0.2) is 0 Å². The van der Waals surface area contributed by atoms with E-state index < -0.39 is 10.0 Å². The molecule has 0 bridgehead atoms. The molecule has 134 valence electrons. The van der Waals surface area contributed by atoms with E-state index in [9.17, 15) is 13.2 Å². The van der Waals surface area contributed by atoms with Gasteiger partial charge in [-0.2, -0.15) is 0 Å². The Balaban J connectivity index is 2.40. The Morgan fingerprint density at radius 2 is 2.08 bits per heavy atom. The van der Waals surface area contributed by atoms with Crippen LogP contribution in [0.4, 0.5) is 5.69 Å². The van der Waals surface area contributed by atoms with Crippen molar-refractivity contribution < 1.29 is 17.9 Å². The highest BCUT2D eigenvalue weighted by Gasteiger charge is 2.26. The van der Waals surface area contributed by atoms with Gasteiger partial charge in [-0.3, -0.25) is 9.52 Å². The van der Waals surface area contributed by atoms with Crippen molar-refractivity contribution in [3.63, 3.8) is 0 Å². The van der Waals surface area contributed by atoms with E-state index in [2.05, 4.69) is 17.0 Å². The fraction of sp³-hybridized carbons (Fsp3) is 0.562. The number of nitrogens with zero attached hydrogens (tertiary/aromatic N) is 1. The second-order valence-corrected chi connectivity index (χ2v) is 8.09. The first-order valence-electron chi connectivity index (χ1n) is 7.85. The molecule has 0 fully saturated rings. The average molecular weight is 355 g/mol. The van der Waals surface area contributed by atoms with Gasteiger partial charge in [-0.15, -0.1) is 0 Å². The van der Waals surface area contributed by atoms with Gasteiger partial charge in [-0.1, -0.05) is 6.92 Å². The third-order valence-electron chi connectivity index (χ3n) is 4.01. The van der Waals surface area contributed by atoms with Gasteiger partial charge >= 0.3 is 0 Å². The normalized spacial score (nSPS) is 22.0. The lowest BCUT2D eigenvalue weighted by atomic mass is 10.0. The van der Waals surface area contributed by atoms with Crippen molar-refractivity contribution >= 4 is 21.6 Å². The van der Waals surface area contributed by atoms with Crippen molar-refractivity contribution in [1.29, 1.82) is 0 Å². The molecular formula is C16H25N3O4S. The molecular weight excluding hydrogens is 330 g/mol. The molecule has 0 aromatic heterocycles. The van der Waals surface area contributed by atoms with Gasteiger partial charge in [-0.05, 0) is 25.2 Å². The molecule has 2 atom stereocenters. The molecule has 1 aromatic rings. The number of carbonyl (C=O) groups is 1. The number of fused-ring (bicyclic) bond motifs is 1. The lowest BCUT2D eigenvalue weighted by Crippen LogP contribution is -2.41. The third-order valence-corrected chi connectivity index (χ3v) is 4.62. The predicted octanol–water partition coefficient (Wildman–Crippen LogP) is 0.676. The summed E-state index contributed by atoms with van der Waals surface area (Å²) in [6.07, 6.45) is 1.18. The average Bonchev–Trinajstić information content (AvgIpc) is 2.50. The maximum Gasteiger partial charge on any atom is 0.229 e. The van der Waals surface area contributed by atoms with Gasteiger partial charge in [0.25, 0.3) is 0 Å². The van der Waals surface area contributed by atoms with Crippen molar-refractivity contribution in [2.24, 2.45) is 5.92 Å². The summed E-state index contributed by atoms with van der Waals surface area (Å²) in [5.41, 5.74) is 1.10. The molecule has 1 heterocycles. The first-order valence-corrected chi connectivity index (χ1v) is 9.74. The number of carbonyl (C=O) groups excluding carboxylic acids is 1. The second-order valence-electron chi connectivity index (χ2n) is 6.34. The molecule has 0 saturated heterocycles. The summed E-state index contributed by atoms with van der Waals surface area (Å²) in [5.74, 6) is 0.754. The molecule has 0 saturated carbocycles. The maximum absolute atomic E-state index is 12.4. The summed E-state index contributed by atoms with van der Waals surface area (Å²) < 4.78 is 31.4. The standard InChI is InChI=1S/C16H25N3O4S/c1-11-10-19(3)16(20)8-12-7-13(18-24(4,21)22)5-6-14(12)23-15(11)9-17-2/h5-7,11,15,17-18H,8-10H2,1-4H3/t11-,15+/m0/s1. The summed E-state index contributed by atoms with van der Waals surface area (Å²) >= 11 is 0. The number of hydrogen-bond acceptors (Lipinski definition) is 5. The fourth-order valence-electron chi connectivity index (χ4n) is 2.78. The highest BCUT2D eigenvalue weighted by Crippen LogP contribution is 2.28. The van der Waals surface area contributed by atoms with Gasteiger partial charge in [0.05, 0.1) is 12.7 Å². The summed E-state index contributed by atoms with van der Waals surface area (Å²) in [7, 11) is 0.260. The Labute approximate surface area is 143 Å². The number of amides is 1. The molecule has 8 heteroatoms. The highest BCUT2D eigenvalue weighted by atomic mass is 32.2. The van der Waals surface area contributed by atoms with Crippen LogP contribution in [0.25, 0.3) is 0 Å². The van der Waals surface area contributed by atoms with E-state index in [1.54, 1.807) is 30.1 Å². The molecule has 0 aliphatic carbocycles. The number of hydrogen-bond donors (Lipinski definition) is 2. The minimum Gasteiger partial charge on any atom is -0.488 e. The van der Waals surface area contributed by atoms with Crippen molar-refractivity contribution in [2.75, 3.05) is 38.2 Å². The number of nitrogens with one attached hydrogen (secondary N) is 2. The van der Waals surface area contributed by atoms with Crippen LogP contribution in [0.2, 0.25) is 0 Å². The van der Waals surface area contributed by atoms with Gasteiger partial charge < -0.3 is 15.0 Å². The van der Waals surface area contributed by atoms with Crippen LogP contribution in [0.3, 0.4) is 0 Å². The lowest BCUT2D eigenvalue weighted by Gasteiger charge is -2.27. The zero-order valence-electron chi connectivity index (χ0n) is 14.5. The third kappa shape index (κ3) is 4.85. The minimum absolute atomic E-state index is 0.0201. The van der Waals surface area contributed by atoms with Crippen molar-refractivity contribution in [2.45, 2.75) is 19.4 Å². The van der Waals surface area contributed by atoms with E-state index in [1.807, 2.05) is 7.05 Å². The molecule has 1 aromatic carbocycles. The minimum atomic E-state index is -3.38. The van der Waals surface area contributed by atoms with Crippen LogP contribution in [0.5, 0.6) is 5.75 Å². The summed E-state index contributed by atoms with van der Waals surface area (Å²) in [5, 5.41) is 3.12. The Morgan fingerprint density at radius 3 is 2.71 bits per heavy atom. The van der Waals surface area contributed by atoms with Gasteiger partial charge in [0.2, 0.25) is 15.9 Å². The van der Waals surface area contributed by atoms with E-state index in [4.69, 9.17) is 4.74 Å². The Kier molecular flexibility index (Phi) is 5.71. The SMILES string of the molecule is CNC[C@H]1Oc2ccc(NS(C)(=O)=O)cc2CC(=O)N(C)C[C@@H]1C. The van der Waals surface area contributed by atoms with Crippen LogP contribution in [-0.2, 0) is 21.2 Å². The number of likely N-dealkylation sites (N-methyl/N-ethyl adjacent to an activating group) is 2. The molecule has 0 radical (unpaired) electrons. The molecule has 2 rings (SSSR count). The predicted molar refractivity (Wildman–Crippen MR) is 93.8 cm³/mol. The first kappa shape index (κ1) is 18.5. The second kappa shape index (κ2) is 7.40. The lowest BCUT2D eigenvalue weighted by molar-refractivity contribution is -0.129. The number of sulfonamides is 1. The quantitative estimate of drug-likeness (QED) is 0.829. The molecule has 7 nitrogen and oxygen atoms in total. The van der Waals surface area contributed by atoms with Gasteiger partial charge in [-0.25, -0.2) is 8.42 Å². The maximum atomic E-state index is 12.4. The van der Waals surface area contributed by atoms with E-state index >= 15 is 0 Å². The Hall–Kier alpha value is -1.80. The van der Waals surface area contributed by atoms with Crippen LogP contribution in [0.15, 0.2) is 18.2 Å². The number of rotatable bonds is 4. The van der Waals surface area contributed by atoms with Crippen LogP contribution in [0.1, 0.15) is 12.5 Å². The number of benzene rings is 1. The van der Waals surface area contributed by atoms with E-state index in [-0.39, 0.29) is 24.3 Å². The van der Waals surface area contributed by atoms with Crippen LogP contribution >= 0.6 is 0 Å². The molecule has 1 amide bonds. The molecule has 0 unspecified atom stereocenters. The van der Waals surface area contributed by atoms with Gasteiger partial charge in [0.1, 0.15) is 11.9 Å². The molecule has 2 N–H and O–H groups in total. The van der Waals surface area contributed by atoms with Crippen LogP contribution < -0.4 is 14.8 Å². The van der Waals surface area contributed by atoms with E-state index in [0.29, 0.717) is 30.1 Å². The summed E-state index contributed by atoms with van der Waals surface area (Å²) in [6.45, 7) is 3.32. The highest BCUT2D eigenvalue weighted by molar-refractivity contribution is 7.92. The Morgan fingerprint density at radius 1 is 1.38 bits per heavy atom. The molecule has 0 spiro atoms. The van der Waals surface area contributed by atoms with Gasteiger partial charge in [0, 0.05) is 37.3 Å². The monoisotopic (exact) mass is 355 g/mol. The zero-order chi connectivity index (χ0) is 17.9. The summed E-state index contributed by atoms with van der Waals surface area (Å²) in [6, 6.07) is 5.03. The molecule has 1 aliphatic rings. The topological polar surface area (TPSA) is 87.7 Å². The smallest absolute Gasteiger partial charge is 0.229 e. The van der Waals surface area contributed by atoms with E-state index in [1.165, 1.54) is 0 Å². The van der Waals surface area contributed by atoms with Crippen LogP contribution in [-0.4, -0.2) is 58.8 Å². The number of ether oxygens (including phenoxy) is 1. The summed E-state index contributed by atoms with van der Waals surface area (Å²) in [4.78, 5) is 14.1. The van der Waals surface area contributed by atoms with Crippen molar-refractivity contribution in [1.82, 2.24) is 10.2 Å². The molecule has 24 heavy (non-hydrogen) atoms. The largest absolute Gasteiger partial charge is 0.488 e. The zero-order valence-corrected chi connectivity index (χ0v) is 15.3. The van der Waals surface area contributed by atoms with Crippen LogP contribution in [0, 0.1) is 5.92 Å². The number of anilines is 1. The fourth-order valence-corrected chi connectivity index (χ4v) is 3.34.